The second kappa shape index (κ2) is 16.8. The Morgan fingerprint density at radius 2 is 1.80 bits per heavy atom. The monoisotopic (exact) mass is 683 g/mol. The van der Waals surface area contributed by atoms with Gasteiger partial charge in [0.15, 0.2) is 11.5 Å². The fourth-order valence-corrected chi connectivity index (χ4v) is 5.37. The van der Waals surface area contributed by atoms with Crippen molar-refractivity contribution in [3.63, 3.8) is 0 Å². The van der Waals surface area contributed by atoms with E-state index in [4.69, 9.17) is 9.47 Å². The Labute approximate surface area is 273 Å². The summed E-state index contributed by atoms with van der Waals surface area (Å²) in [6, 6.07) is 11.6. The van der Waals surface area contributed by atoms with Gasteiger partial charge in [0.2, 0.25) is 17.7 Å². The van der Waals surface area contributed by atoms with Crippen LogP contribution >= 0.6 is 15.9 Å². The van der Waals surface area contributed by atoms with Crippen LogP contribution in [0.15, 0.2) is 70.3 Å². The minimum atomic E-state index is -1.13. The molecule has 0 unspecified atom stereocenters. The molecule has 1 aliphatic rings. The highest BCUT2D eigenvalue weighted by atomic mass is 79.9. The first kappa shape index (κ1) is 35.4. The number of benzene rings is 2. The van der Waals surface area contributed by atoms with Gasteiger partial charge in [0.1, 0.15) is 17.8 Å². The van der Waals surface area contributed by atoms with E-state index in [0.717, 1.165) is 5.57 Å². The number of hydrogen-bond donors (Lipinski definition) is 3. The number of nitrogens with zero attached hydrogens (tertiary/aromatic N) is 1. The number of ether oxygens (including phenoxy) is 2. The number of amides is 3. The van der Waals surface area contributed by atoms with E-state index in [0.29, 0.717) is 41.3 Å². The maximum atomic E-state index is 14.1. The Morgan fingerprint density at radius 1 is 1.09 bits per heavy atom. The third-order valence-electron chi connectivity index (χ3n) is 7.58. The van der Waals surface area contributed by atoms with Gasteiger partial charge in [-0.15, -0.1) is 0 Å². The van der Waals surface area contributed by atoms with Crippen LogP contribution in [-0.4, -0.2) is 66.0 Å². The molecule has 45 heavy (non-hydrogen) atoms. The summed E-state index contributed by atoms with van der Waals surface area (Å²) in [5, 5.41) is 15.5. The van der Waals surface area contributed by atoms with E-state index in [1.54, 1.807) is 50.2 Å². The van der Waals surface area contributed by atoms with Gasteiger partial charge in [0.05, 0.1) is 17.7 Å². The molecule has 0 saturated heterocycles. The molecular formula is C34H42BrN3O7. The van der Waals surface area contributed by atoms with Crippen molar-refractivity contribution in [2.24, 2.45) is 0 Å². The smallest absolute Gasteiger partial charge is 0.359 e. The molecule has 0 aromatic heterocycles. The van der Waals surface area contributed by atoms with Crippen LogP contribution in [0.2, 0.25) is 0 Å². The van der Waals surface area contributed by atoms with Crippen LogP contribution < -0.4 is 10.6 Å². The van der Waals surface area contributed by atoms with E-state index in [9.17, 15) is 24.3 Å². The standard InChI is InChI=1S/C34H42BrN3O7/c1-21-11-9-10-14-29(40)36-23(3)33(42)38(4)27(20-24-17-18-28(39)26(35)19-24)32(41)37-30(34(43)45-22(2)16-15-21)31(44-5)25-12-7-6-8-13-25/h6-8,11-13,17-19,22-23,27,39H,9-10,14-16,20H2,1-5H3,(H,36,40)(H,37,41)/b21-11+,31-30?/t22-,23-,27+/m0/s1. The second-order valence-electron chi connectivity index (χ2n) is 11.2. The molecule has 1 aliphatic heterocycles. The van der Waals surface area contributed by atoms with Crippen molar-refractivity contribution in [2.75, 3.05) is 14.2 Å². The van der Waals surface area contributed by atoms with Crippen LogP contribution in [0, 0.1) is 0 Å². The molecule has 3 N–H and O–H groups in total. The number of aromatic hydroxyl groups is 1. The average molecular weight is 685 g/mol. The molecule has 242 valence electrons. The molecule has 2 aromatic rings. The summed E-state index contributed by atoms with van der Waals surface area (Å²) in [7, 11) is 2.87. The molecule has 0 spiro atoms. The number of allylic oxidation sites excluding steroid dienone is 2. The maximum Gasteiger partial charge on any atom is 0.359 e. The number of phenolic OH excluding ortho intramolecular Hbond substituents is 1. The van der Waals surface area contributed by atoms with Gasteiger partial charge in [-0.05, 0) is 80.1 Å². The van der Waals surface area contributed by atoms with Crippen LogP contribution in [0.4, 0.5) is 0 Å². The third-order valence-corrected chi connectivity index (χ3v) is 8.22. The lowest BCUT2D eigenvalue weighted by molar-refractivity contribution is -0.146. The minimum absolute atomic E-state index is 0.0181. The molecular weight excluding hydrogens is 642 g/mol. The van der Waals surface area contributed by atoms with Gasteiger partial charge < -0.3 is 30.1 Å². The average Bonchev–Trinajstić information content (AvgIpc) is 3.01. The van der Waals surface area contributed by atoms with Crippen LogP contribution in [0.5, 0.6) is 5.75 Å². The van der Waals surface area contributed by atoms with Gasteiger partial charge in [0, 0.05) is 25.5 Å². The molecule has 1 heterocycles. The van der Waals surface area contributed by atoms with Crippen LogP contribution in [0.1, 0.15) is 64.0 Å². The number of esters is 1. The number of methoxy groups -OCH3 is 1. The number of carbonyl (C=O) groups is 4. The molecule has 11 heteroatoms. The molecule has 2 aromatic carbocycles. The summed E-state index contributed by atoms with van der Waals surface area (Å²) in [5.74, 6) is -2.09. The lowest BCUT2D eigenvalue weighted by atomic mass is 10.0. The molecule has 0 radical (unpaired) electrons. The molecule has 0 fully saturated rings. The Bertz CT molecular complexity index is 1440. The molecule has 0 saturated carbocycles. The van der Waals surface area contributed by atoms with Gasteiger partial charge >= 0.3 is 5.97 Å². The van der Waals surface area contributed by atoms with Gasteiger partial charge in [-0.2, -0.15) is 0 Å². The number of nitrogens with one attached hydrogen (secondary N) is 2. The molecule has 10 nitrogen and oxygen atoms in total. The van der Waals surface area contributed by atoms with Gasteiger partial charge in [0.25, 0.3) is 0 Å². The van der Waals surface area contributed by atoms with Crippen molar-refractivity contribution < 1.29 is 33.8 Å². The SMILES string of the molecule is COC(=C1NC(=O)[C@@H](Cc2ccc(O)c(Br)c2)N(C)C(=O)[C@H](C)NC(=O)CCC/C=C(\C)CC[C@H](C)OC1=O)c1ccccc1. The highest BCUT2D eigenvalue weighted by Crippen LogP contribution is 2.26. The lowest BCUT2D eigenvalue weighted by Gasteiger charge is -2.30. The number of likely N-dealkylation sites (N-methyl/N-ethyl adjacent to an activating group) is 1. The first-order chi connectivity index (χ1) is 21.4. The highest BCUT2D eigenvalue weighted by molar-refractivity contribution is 9.10. The summed E-state index contributed by atoms with van der Waals surface area (Å²) in [6.07, 6.45) is 4.40. The molecule has 0 aliphatic carbocycles. The fraction of sp³-hybridized carbons (Fsp3) is 0.412. The largest absolute Gasteiger partial charge is 0.507 e. The topological polar surface area (TPSA) is 134 Å². The normalized spacial score (nSPS) is 23.7. The number of hydrogen-bond acceptors (Lipinski definition) is 7. The summed E-state index contributed by atoms with van der Waals surface area (Å²) in [4.78, 5) is 55.3. The number of phenols is 1. The predicted octanol–water partition coefficient (Wildman–Crippen LogP) is 5.00. The van der Waals surface area contributed by atoms with Crippen molar-refractivity contribution in [2.45, 2.75) is 77.5 Å². The molecule has 0 bridgehead atoms. The number of cyclic esters (lactones) is 1. The minimum Gasteiger partial charge on any atom is -0.507 e. The molecule has 3 atom stereocenters. The highest BCUT2D eigenvalue weighted by Gasteiger charge is 2.33. The van der Waals surface area contributed by atoms with Crippen molar-refractivity contribution in [1.82, 2.24) is 15.5 Å². The zero-order valence-corrected chi connectivity index (χ0v) is 28.0. The van der Waals surface area contributed by atoms with Crippen LogP contribution in [-0.2, 0) is 35.1 Å². The van der Waals surface area contributed by atoms with E-state index in [1.807, 2.05) is 13.0 Å². The van der Waals surface area contributed by atoms with E-state index in [2.05, 4.69) is 32.6 Å². The Hall–Kier alpha value is -4.12. The quantitative estimate of drug-likeness (QED) is 0.179. The number of rotatable bonds is 4. The van der Waals surface area contributed by atoms with E-state index < -0.39 is 36.0 Å². The van der Waals surface area contributed by atoms with Gasteiger partial charge in [-0.3, -0.25) is 14.4 Å². The van der Waals surface area contributed by atoms with Gasteiger partial charge in [-0.1, -0.05) is 48.0 Å². The predicted molar refractivity (Wildman–Crippen MR) is 175 cm³/mol. The summed E-state index contributed by atoms with van der Waals surface area (Å²) < 4.78 is 11.9. The Kier molecular flexibility index (Phi) is 13.2. The number of carbonyl (C=O) groups excluding carboxylic acids is 4. The maximum absolute atomic E-state index is 14.1. The van der Waals surface area contributed by atoms with Gasteiger partial charge in [-0.25, -0.2) is 4.79 Å². The first-order valence-corrected chi connectivity index (χ1v) is 15.7. The van der Waals surface area contributed by atoms with E-state index in [-0.39, 0.29) is 36.0 Å². The second-order valence-corrected chi connectivity index (χ2v) is 12.1. The lowest BCUT2D eigenvalue weighted by Crippen LogP contribution is -2.54. The van der Waals surface area contributed by atoms with Crippen molar-refractivity contribution in [3.05, 3.63) is 81.5 Å². The van der Waals surface area contributed by atoms with Crippen LogP contribution in [0.3, 0.4) is 0 Å². The van der Waals surface area contributed by atoms with Crippen molar-refractivity contribution in [1.29, 1.82) is 0 Å². The Morgan fingerprint density at radius 3 is 2.47 bits per heavy atom. The van der Waals surface area contributed by atoms with Crippen LogP contribution in [0.25, 0.3) is 5.76 Å². The van der Waals surface area contributed by atoms with E-state index in [1.165, 1.54) is 25.1 Å². The fourth-order valence-electron chi connectivity index (χ4n) is 4.95. The van der Waals surface area contributed by atoms with Crippen molar-refractivity contribution >= 4 is 45.4 Å². The zero-order chi connectivity index (χ0) is 33.1. The zero-order valence-electron chi connectivity index (χ0n) is 26.4. The first-order valence-electron chi connectivity index (χ1n) is 15.0. The molecule has 3 rings (SSSR count). The Balaban J connectivity index is 2.09. The number of halogens is 1. The summed E-state index contributed by atoms with van der Waals surface area (Å²) in [5.41, 5.74) is 2.08. The summed E-state index contributed by atoms with van der Waals surface area (Å²) in [6.45, 7) is 5.34. The van der Waals surface area contributed by atoms with Crippen molar-refractivity contribution in [3.8, 4) is 5.75 Å². The third kappa shape index (κ3) is 10.2. The molecule has 3 amide bonds. The van der Waals surface area contributed by atoms with E-state index >= 15 is 0 Å². The summed E-state index contributed by atoms with van der Waals surface area (Å²) >= 11 is 3.30.